The Bertz CT molecular complexity index is 394. The smallest absolute Gasteiger partial charge is 0.124 e. The third kappa shape index (κ3) is 2.64. The summed E-state index contributed by atoms with van der Waals surface area (Å²) < 4.78 is 13.7. The van der Waals surface area contributed by atoms with Crippen LogP contribution in [0.3, 0.4) is 0 Å². The molecule has 2 atom stereocenters. The number of hydrogen-bond donors (Lipinski definition) is 1. The Morgan fingerprint density at radius 2 is 2.31 bits per heavy atom. The summed E-state index contributed by atoms with van der Waals surface area (Å²) in [5.41, 5.74) is 0.387. The Morgan fingerprint density at radius 3 is 2.88 bits per heavy atom. The summed E-state index contributed by atoms with van der Waals surface area (Å²) in [5.74, 6) is 0.339. The van der Waals surface area contributed by atoms with Gasteiger partial charge in [-0.05, 0) is 42.9 Å². The summed E-state index contributed by atoms with van der Waals surface area (Å²) in [6.45, 7) is 2.16. The van der Waals surface area contributed by atoms with Crippen LogP contribution in [0.5, 0.6) is 0 Å². The van der Waals surface area contributed by atoms with E-state index in [-0.39, 0.29) is 5.82 Å². The fraction of sp³-hybridized carbons (Fsp3) is 0.538. The molecule has 1 aliphatic carbocycles. The van der Waals surface area contributed by atoms with Crippen LogP contribution in [0.1, 0.15) is 31.7 Å². The fourth-order valence-corrected chi connectivity index (χ4v) is 3.04. The molecule has 0 spiro atoms. The van der Waals surface area contributed by atoms with Crippen molar-refractivity contribution >= 4 is 15.9 Å². The molecular formula is C13H16BrFO. The van der Waals surface area contributed by atoms with Crippen LogP contribution in [0.2, 0.25) is 0 Å². The van der Waals surface area contributed by atoms with Crippen molar-refractivity contribution in [1.82, 2.24) is 0 Å². The first-order chi connectivity index (χ1) is 7.48. The zero-order valence-corrected chi connectivity index (χ0v) is 10.9. The van der Waals surface area contributed by atoms with E-state index in [1.54, 1.807) is 6.07 Å². The zero-order chi connectivity index (χ0) is 11.8. The van der Waals surface area contributed by atoms with Crippen molar-refractivity contribution in [2.45, 2.75) is 38.2 Å². The number of hydrogen-bond acceptors (Lipinski definition) is 1. The molecule has 16 heavy (non-hydrogen) atoms. The highest BCUT2D eigenvalue weighted by Gasteiger charge is 2.35. The van der Waals surface area contributed by atoms with Gasteiger partial charge in [0, 0.05) is 10.9 Å². The van der Waals surface area contributed by atoms with Crippen molar-refractivity contribution in [2.75, 3.05) is 0 Å². The van der Waals surface area contributed by atoms with Gasteiger partial charge in [-0.25, -0.2) is 4.39 Å². The van der Waals surface area contributed by atoms with Gasteiger partial charge in [0.1, 0.15) is 5.82 Å². The van der Waals surface area contributed by atoms with Crippen LogP contribution in [0.15, 0.2) is 22.7 Å². The number of halogens is 2. The molecule has 0 bridgehead atoms. The molecule has 2 rings (SSSR count). The van der Waals surface area contributed by atoms with E-state index >= 15 is 0 Å². The van der Waals surface area contributed by atoms with Gasteiger partial charge in [-0.1, -0.05) is 28.9 Å². The highest BCUT2D eigenvalue weighted by atomic mass is 79.9. The molecular weight excluding hydrogens is 271 g/mol. The molecule has 2 unspecified atom stereocenters. The van der Waals surface area contributed by atoms with Crippen LogP contribution in [0, 0.1) is 11.7 Å². The molecule has 1 saturated carbocycles. The van der Waals surface area contributed by atoms with Crippen LogP contribution in [0.4, 0.5) is 4.39 Å². The molecule has 0 saturated heterocycles. The van der Waals surface area contributed by atoms with Gasteiger partial charge >= 0.3 is 0 Å². The maximum atomic E-state index is 12.9. The van der Waals surface area contributed by atoms with Crippen molar-refractivity contribution in [3.05, 3.63) is 34.1 Å². The SMILES string of the molecule is CC1CCC(O)(Cc2ccc(F)cc2Br)C1. The molecule has 1 aromatic rings. The topological polar surface area (TPSA) is 20.2 Å². The Morgan fingerprint density at radius 1 is 1.56 bits per heavy atom. The van der Waals surface area contributed by atoms with Crippen LogP contribution >= 0.6 is 15.9 Å². The highest BCUT2D eigenvalue weighted by Crippen LogP contribution is 2.37. The summed E-state index contributed by atoms with van der Waals surface area (Å²) >= 11 is 3.34. The minimum absolute atomic E-state index is 0.248. The van der Waals surface area contributed by atoms with Gasteiger partial charge in [0.25, 0.3) is 0 Å². The van der Waals surface area contributed by atoms with Crippen molar-refractivity contribution in [1.29, 1.82) is 0 Å². The second-order valence-corrected chi connectivity index (χ2v) is 5.84. The third-order valence-corrected chi connectivity index (χ3v) is 4.10. The van der Waals surface area contributed by atoms with Gasteiger partial charge in [0.05, 0.1) is 5.60 Å². The highest BCUT2D eigenvalue weighted by molar-refractivity contribution is 9.10. The normalized spacial score (nSPS) is 29.6. The first kappa shape index (κ1) is 12.1. The second-order valence-electron chi connectivity index (χ2n) is 4.98. The molecule has 0 amide bonds. The monoisotopic (exact) mass is 286 g/mol. The molecule has 3 heteroatoms. The summed E-state index contributed by atoms with van der Waals surface area (Å²) in [5, 5.41) is 10.4. The Hall–Kier alpha value is -0.410. The summed E-state index contributed by atoms with van der Waals surface area (Å²) in [6, 6.07) is 4.65. The van der Waals surface area contributed by atoms with Crippen LogP contribution in [-0.2, 0) is 6.42 Å². The van der Waals surface area contributed by atoms with Crippen molar-refractivity contribution in [3.63, 3.8) is 0 Å². The van der Waals surface area contributed by atoms with Crippen LogP contribution in [0.25, 0.3) is 0 Å². The molecule has 0 aromatic heterocycles. The van der Waals surface area contributed by atoms with Crippen molar-refractivity contribution in [3.8, 4) is 0 Å². The molecule has 88 valence electrons. The van der Waals surface area contributed by atoms with E-state index in [2.05, 4.69) is 22.9 Å². The van der Waals surface area contributed by atoms with Gasteiger partial charge < -0.3 is 5.11 Å². The lowest BCUT2D eigenvalue weighted by Crippen LogP contribution is -2.27. The van der Waals surface area contributed by atoms with E-state index in [1.807, 2.05) is 0 Å². The predicted octanol–water partition coefficient (Wildman–Crippen LogP) is 3.68. The first-order valence-electron chi connectivity index (χ1n) is 5.65. The lowest BCUT2D eigenvalue weighted by atomic mass is 9.92. The number of rotatable bonds is 2. The zero-order valence-electron chi connectivity index (χ0n) is 9.34. The molecule has 1 N–H and O–H groups in total. The summed E-state index contributed by atoms with van der Waals surface area (Å²) in [4.78, 5) is 0. The van der Waals surface area contributed by atoms with E-state index in [4.69, 9.17) is 0 Å². The molecule has 1 aliphatic rings. The standard InChI is InChI=1S/C13H16BrFO/c1-9-4-5-13(16,7-9)8-10-2-3-11(15)6-12(10)14/h2-3,6,9,16H,4-5,7-8H2,1H3. The van der Waals surface area contributed by atoms with E-state index in [0.717, 1.165) is 29.3 Å². The minimum atomic E-state index is -0.597. The van der Waals surface area contributed by atoms with Gasteiger partial charge in [0.2, 0.25) is 0 Å². The van der Waals surface area contributed by atoms with Gasteiger partial charge in [-0.3, -0.25) is 0 Å². The van der Waals surface area contributed by atoms with Gasteiger partial charge in [-0.15, -0.1) is 0 Å². The van der Waals surface area contributed by atoms with Gasteiger partial charge in [-0.2, -0.15) is 0 Å². The number of benzene rings is 1. The molecule has 1 nitrogen and oxygen atoms in total. The Balaban J connectivity index is 2.14. The van der Waals surface area contributed by atoms with Crippen LogP contribution < -0.4 is 0 Å². The lowest BCUT2D eigenvalue weighted by Gasteiger charge is -2.23. The molecule has 0 heterocycles. The largest absolute Gasteiger partial charge is 0.390 e. The number of aliphatic hydroxyl groups is 1. The third-order valence-electron chi connectivity index (χ3n) is 3.37. The predicted molar refractivity (Wildman–Crippen MR) is 65.8 cm³/mol. The maximum Gasteiger partial charge on any atom is 0.124 e. The fourth-order valence-electron chi connectivity index (χ4n) is 2.55. The van der Waals surface area contributed by atoms with Crippen LogP contribution in [-0.4, -0.2) is 10.7 Å². The van der Waals surface area contributed by atoms with E-state index < -0.39 is 5.60 Å². The average molecular weight is 287 g/mol. The Kier molecular flexibility index (Phi) is 3.36. The Labute approximate surface area is 104 Å². The average Bonchev–Trinajstić information content (AvgIpc) is 2.52. The van der Waals surface area contributed by atoms with E-state index in [0.29, 0.717) is 12.3 Å². The summed E-state index contributed by atoms with van der Waals surface area (Å²) in [7, 11) is 0. The molecule has 1 aromatic carbocycles. The molecule has 1 fully saturated rings. The first-order valence-corrected chi connectivity index (χ1v) is 6.44. The molecule has 0 aliphatic heterocycles. The van der Waals surface area contributed by atoms with Gasteiger partial charge in [0.15, 0.2) is 0 Å². The molecule has 0 radical (unpaired) electrons. The van der Waals surface area contributed by atoms with Crippen molar-refractivity contribution in [2.24, 2.45) is 5.92 Å². The maximum absolute atomic E-state index is 12.9. The lowest BCUT2D eigenvalue weighted by molar-refractivity contribution is 0.0444. The van der Waals surface area contributed by atoms with E-state index in [9.17, 15) is 9.50 Å². The minimum Gasteiger partial charge on any atom is -0.390 e. The van der Waals surface area contributed by atoms with E-state index in [1.165, 1.54) is 12.1 Å². The summed E-state index contributed by atoms with van der Waals surface area (Å²) in [6.07, 6.45) is 3.38. The quantitative estimate of drug-likeness (QED) is 0.879. The van der Waals surface area contributed by atoms with Crippen molar-refractivity contribution < 1.29 is 9.50 Å². The second kappa shape index (κ2) is 4.46.